The number of anilines is 1. The van der Waals surface area contributed by atoms with Crippen LogP contribution in [0.5, 0.6) is 0 Å². The van der Waals surface area contributed by atoms with Crippen LogP contribution < -0.4 is 11.1 Å². The molecule has 11 heteroatoms. The van der Waals surface area contributed by atoms with Gasteiger partial charge in [0.1, 0.15) is 11.5 Å². The van der Waals surface area contributed by atoms with Crippen LogP contribution in [0.2, 0.25) is 4.47 Å². The van der Waals surface area contributed by atoms with Crippen molar-refractivity contribution in [3.8, 4) is 0 Å². The van der Waals surface area contributed by atoms with Crippen molar-refractivity contribution in [2.45, 2.75) is 24.9 Å². The molecule has 3 heterocycles. The van der Waals surface area contributed by atoms with E-state index in [4.69, 9.17) is 17.3 Å². The van der Waals surface area contributed by atoms with Crippen LogP contribution in [0, 0.1) is 5.82 Å². The Kier molecular flexibility index (Phi) is 4.08. The quantitative estimate of drug-likeness (QED) is 0.786. The molecule has 0 bridgehead atoms. The monoisotopic (exact) mass is 415 g/mol. The summed E-state index contributed by atoms with van der Waals surface area (Å²) in [4.78, 5) is 12.2. The van der Waals surface area contributed by atoms with Crippen molar-refractivity contribution in [3.63, 3.8) is 0 Å². The lowest BCUT2D eigenvalue weighted by Crippen LogP contribution is -2.51. The highest BCUT2D eigenvalue weighted by Gasteiger charge is 2.56. The average molecular weight is 416 g/mol. The average Bonchev–Trinajstić information content (AvgIpc) is 3.04. The molecule has 2 aliphatic heterocycles. The van der Waals surface area contributed by atoms with Crippen LogP contribution >= 0.6 is 22.9 Å². The standard InChI is InChI=1S/C16H13ClF3N5OS/c1-15(16(19,20)6-26-14(21)25-15)8-3-10-7(2-9(8)18)4-22-12(23-10)11-5-27-13(17)24-11/h2-3,5H,4,6H2,1H3,(H2,21,25)(H,22,23). The summed E-state index contributed by atoms with van der Waals surface area (Å²) in [6, 6.07) is 2.07. The number of thiazole rings is 1. The van der Waals surface area contributed by atoms with Gasteiger partial charge in [0.2, 0.25) is 0 Å². The van der Waals surface area contributed by atoms with Crippen LogP contribution in [0.25, 0.3) is 0 Å². The summed E-state index contributed by atoms with van der Waals surface area (Å²) in [6.07, 6.45) is 0. The number of rotatable bonds is 2. The predicted molar refractivity (Wildman–Crippen MR) is 97.3 cm³/mol. The molecular weight excluding hydrogens is 403 g/mol. The Bertz CT molecular complexity index is 992. The number of hydrogen-bond donors (Lipinski definition) is 2. The van der Waals surface area contributed by atoms with Gasteiger partial charge in [-0.25, -0.2) is 14.4 Å². The third-order valence-electron chi connectivity index (χ3n) is 4.54. The van der Waals surface area contributed by atoms with Crippen molar-refractivity contribution in [3.05, 3.63) is 44.6 Å². The zero-order valence-corrected chi connectivity index (χ0v) is 15.5. The van der Waals surface area contributed by atoms with E-state index >= 15 is 0 Å². The van der Waals surface area contributed by atoms with Crippen LogP contribution in [0.1, 0.15) is 23.7 Å². The van der Waals surface area contributed by atoms with E-state index < -0.39 is 29.9 Å². The Morgan fingerprint density at radius 3 is 2.85 bits per heavy atom. The maximum atomic E-state index is 14.7. The number of benzene rings is 1. The molecule has 1 aromatic carbocycles. The molecule has 0 amide bonds. The minimum absolute atomic E-state index is 0.172. The molecule has 3 N–H and O–H groups in total. The van der Waals surface area contributed by atoms with Gasteiger partial charge in [0.15, 0.2) is 22.4 Å². The molecule has 0 aliphatic carbocycles. The van der Waals surface area contributed by atoms with Crippen molar-refractivity contribution in [2.75, 3.05) is 11.9 Å². The smallest absolute Gasteiger partial charge is 0.310 e. The SMILES string of the molecule is CC1(c2cc3c(cc2F)CN=C(c2csc(Cl)n2)N3)N=C(N)OCC1(F)F. The molecule has 27 heavy (non-hydrogen) atoms. The van der Waals surface area contributed by atoms with Gasteiger partial charge in [-0.05, 0) is 19.1 Å². The van der Waals surface area contributed by atoms with E-state index in [0.717, 1.165) is 6.92 Å². The second kappa shape index (κ2) is 6.10. The number of alkyl halides is 2. The van der Waals surface area contributed by atoms with Crippen LogP contribution in [0.15, 0.2) is 27.5 Å². The third kappa shape index (κ3) is 2.92. The summed E-state index contributed by atoms with van der Waals surface area (Å²) in [6.45, 7) is 0.323. The molecular formula is C16H13ClF3N5OS. The normalized spacial score (nSPS) is 23.6. The topological polar surface area (TPSA) is 84.9 Å². The number of nitrogens with two attached hydrogens (primary N) is 1. The maximum absolute atomic E-state index is 14.7. The largest absolute Gasteiger partial charge is 0.459 e. The molecule has 1 unspecified atom stereocenters. The second-order valence-electron chi connectivity index (χ2n) is 6.28. The van der Waals surface area contributed by atoms with E-state index in [0.29, 0.717) is 27.2 Å². The summed E-state index contributed by atoms with van der Waals surface area (Å²) < 4.78 is 48.8. The number of halogens is 4. The van der Waals surface area contributed by atoms with Gasteiger partial charge in [-0.2, -0.15) is 8.78 Å². The Hall–Kier alpha value is -2.33. The Morgan fingerprint density at radius 2 is 2.15 bits per heavy atom. The lowest BCUT2D eigenvalue weighted by Gasteiger charge is -2.38. The Labute approximate surface area is 160 Å². The summed E-state index contributed by atoms with van der Waals surface area (Å²) in [5, 5.41) is 4.71. The van der Waals surface area contributed by atoms with Crippen molar-refractivity contribution < 1.29 is 17.9 Å². The van der Waals surface area contributed by atoms with Crippen LogP contribution in [0.3, 0.4) is 0 Å². The number of nitrogens with one attached hydrogen (secondary N) is 1. The molecule has 2 aromatic rings. The Balaban J connectivity index is 1.77. The third-order valence-corrected chi connectivity index (χ3v) is 5.52. The van der Waals surface area contributed by atoms with Crippen molar-refractivity contribution >= 4 is 40.5 Å². The molecule has 6 nitrogen and oxygen atoms in total. The number of ether oxygens (including phenoxy) is 1. The van der Waals surface area contributed by atoms with Crippen molar-refractivity contribution in [2.24, 2.45) is 15.7 Å². The summed E-state index contributed by atoms with van der Waals surface area (Å²) >= 11 is 7.08. The lowest BCUT2D eigenvalue weighted by atomic mass is 9.84. The van der Waals surface area contributed by atoms with Crippen molar-refractivity contribution in [1.82, 2.24) is 4.98 Å². The van der Waals surface area contributed by atoms with Gasteiger partial charge in [0.25, 0.3) is 6.02 Å². The number of fused-ring (bicyclic) bond motifs is 1. The first-order valence-electron chi connectivity index (χ1n) is 7.81. The van der Waals surface area contributed by atoms with E-state index in [2.05, 4.69) is 25.0 Å². The fourth-order valence-corrected chi connectivity index (χ4v) is 3.72. The molecule has 0 saturated carbocycles. The highest BCUT2D eigenvalue weighted by atomic mass is 35.5. The molecule has 4 rings (SSSR count). The number of nitrogens with zero attached hydrogens (tertiary/aromatic N) is 3. The summed E-state index contributed by atoms with van der Waals surface area (Å²) in [5.41, 5.74) is 4.47. The molecule has 0 saturated heterocycles. The van der Waals surface area contributed by atoms with Gasteiger partial charge >= 0.3 is 5.92 Å². The summed E-state index contributed by atoms with van der Waals surface area (Å²) in [7, 11) is 0. The fourth-order valence-electron chi connectivity index (χ4n) is 2.97. The molecule has 0 radical (unpaired) electrons. The molecule has 2 aliphatic rings. The van der Waals surface area contributed by atoms with Crippen molar-refractivity contribution in [1.29, 1.82) is 0 Å². The first-order valence-corrected chi connectivity index (χ1v) is 9.07. The highest BCUT2D eigenvalue weighted by molar-refractivity contribution is 7.14. The first kappa shape index (κ1) is 18.1. The summed E-state index contributed by atoms with van der Waals surface area (Å²) in [5.74, 6) is -3.83. The first-order chi connectivity index (χ1) is 12.7. The van der Waals surface area contributed by atoms with E-state index in [1.165, 1.54) is 23.5 Å². The number of hydrogen-bond acceptors (Lipinski definition) is 7. The number of aliphatic imine (C=N–C) groups is 2. The fraction of sp³-hybridized carbons (Fsp3) is 0.312. The van der Waals surface area contributed by atoms with E-state index in [1.807, 2.05) is 0 Å². The minimum Gasteiger partial charge on any atom is -0.459 e. The van der Waals surface area contributed by atoms with Crippen LogP contribution in [0.4, 0.5) is 18.9 Å². The predicted octanol–water partition coefficient (Wildman–Crippen LogP) is 3.50. The van der Waals surface area contributed by atoms with Gasteiger partial charge in [0, 0.05) is 22.2 Å². The minimum atomic E-state index is -3.45. The van der Waals surface area contributed by atoms with E-state index in [1.54, 1.807) is 5.38 Å². The highest BCUT2D eigenvalue weighted by Crippen LogP contribution is 2.45. The molecule has 1 aromatic heterocycles. The molecule has 1 atom stereocenters. The number of aromatic nitrogens is 1. The van der Waals surface area contributed by atoms with Gasteiger partial charge in [0.05, 0.1) is 6.54 Å². The van der Waals surface area contributed by atoms with Gasteiger partial charge < -0.3 is 15.8 Å². The van der Waals surface area contributed by atoms with E-state index in [-0.39, 0.29) is 12.1 Å². The molecule has 0 fully saturated rings. The zero-order chi connectivity index (χ0) is 19.4. The van der Waals surface area contributed by atoms with Crippen LogP contribution in [-0.4, -0.2) is 29.4 Å². The molecule has 142 valence electrons. The Morgan fingerprint density at radius 1 is 1.37 bits per heavy atom. The van der Waals surface area contributed by atoms with Gasteiger partial charge in [-0.15, -0.1) is 11.3 Å². The van der Waals surface area contributed by atoms with E-state index in [9.17, 15) is 13.2 Å². The zero-order valence-electron chi connectivity index (χ0n) is 13.9. The van der Waals surface area contributed by atoms with Crippen LogP contribution in [-0.2, 0) is 16.8 Å². The second-order valence-corrected chi connectivity index (χ2v) is 7.72. The molecule has 0 spiro atoms. The lowest BCUT2D eigenvalue weighted by molar-refractivity contribution is -0.117. The van der Waals surface area contributed by atoms with Gasteiger partial charge in [-0.1, -0.05) is 11.6 Å². The number of amidine groups is 2. The maximum Gasteiger partial charge on any atom is 0.310 e. The van der Waals surface area contributed by atoms with Gasteiger partial charge in [-0.3, -0.25) is 4.99 Å².